The van der Waals surface area contributed by atoms with Crippen LogP contribution >= 0.6 is 11.6 Å². The van der Waals surface area contributed by atoms with Crippen molar-refractivity contribution in [3.8, 4) is 0 Å². The van der Waals surface area contributed by atoms with Crippen molar-refractivity contribution in [1.29, 1.82) is 0 Å². The number of aryl methyl sites for hydroxylation is 2. The average Bonchev–Trinajstić information content (AvgIpc) is 2.69. The molecule has 7 nitrogen and oxygen atoms in total. The molecule has 0 atom stereocenters. The number of carbonyl (C=O) groups is 1. The Bertz CT molecular complexity index is 1300. The number of nitrogens with one attached hydrogen (secondary N) is 1. The van der Waals surface area contributed by atoms with E-state index in [1.54, 1.807) is 30.9 Å². The summed E-state index contributed by atoms with van der Waals surface area (Å²) in [5.74, 6) is -0.726. The number of rotatable bonds is 2. The molecule has 1 aliphatic heterocycles. The minimum Gasteiger partial charge on any atom is -0.323 e. The molecule has 2 heterocycles. The molecule has 0 saturated carbocycles. The molecular formula is C21H15ClFN5O2. The number of halogens is 2. The van der Waals surface area contributed by atoms with Crippen molar-refractivity contribution in [2.75, 3.05) is 16.5 Å². The molecule has 4 rings (SSSR count). The zero-order chi connectivity index (χ0) is 21.6. The van der Waals surface area contributed by atoms with E-state index in [0.717, 1.165) is 0 Å². The molecule has 0 saturated heterocycles. The van der Waals surface area contributed by atoms with Crippen LogP contribution in [0.1, 0.15) is 21.6 Å². The Morgan fingerprint density at radius 2 is 1.90 bits per heavy atom. The Balaban J connectivity index is 1.95. The summed E-state index contributed by atoms with van der Waals surface area (Å²) in [5.41, 5.74) is 2.71. The van der Waals surface area contributed by atoms with Gasteiger partial charge in [-0.3, -0.25) is 9.69 Å². The number of nitrogens with zero attached hydrogens (tertiary/aromatic N) is 4. The summed E-state index contributed by atoms with van der Waals surface area (Å²) >= 11 is 6.21. The lowest BCUT2D eigenvalue weighted by Gasteiger charge is -2.39. The lowest BCUT2D eigenvalue weighted by molar-refractivity contribution is 0.0983. The topological polar surface area (TPSA) is 73.7 Å². The highest BCUT2D eigenvalue weighted by Gasteiger charge is 2.33. The monoisotopic (exact) mass is 423 g/mol. The number of aromatic nitrogens is 2. The Kier molecular flexibility index (Phi) is 4.76. The van der Waals surface area contributed by atoms with Gasteiger partial charge in [-0.05, 0) is 49.7 Å². The van der Waals surface area contributed by atoms with Gasteiger partial charge in [-0.2, -0.15) is 4.98 Å². The summed E-state index contributed by atoms with van der Waals surface area (Å²) in [7, 11) is 0. The molecule has 0 radical (unpaired) electrons. The molecule has 1 amide bonds. The van der Waals surface area contributed by atoms with Crippen LogP contribution in [0.25, 0.3) is 4.85 Å². The van der Waals surface area contributed by atoms with Gasteiger partial charge in [-0.1, -0.05) is 11.6 Å². The van der Waals surface area contributed by atoms with Crippen molar-refractivity contribution in [2.24, 2.45) is 0 Å². The van der Waals surface area contributed by atoms with Crippen LogP contribution in [-0.2, 0) is 0 Å². The molecule has 9 heteroatoms. The number of amides is 1. The Hall–Kier alpha value is -3.70. The number of fused-ring (bicyclic) bond motifs is 1. The fourth-order valence-electron chi connectivity index (χ4n) is 3.52. The van der Waals surface area contributed by atoms with Crippen LogP contribution in [0, 0.1) is 26.2 Å². The number of hydrogen-bond acceptors (Lipinski definition) is 4. The number of benzene rings is 2. The van der Waals surface area contributed by atoms with Gasteiger partial charge < -0.3 is 9.88 Å². The van der Waals surface area contributed by atoms with E-state index in [1.165, 1.54) is 29.3 Å². The van der Waals surface area contributed by atoms with Gasteiger partial charge >= 0.3 is 5.69 Å². The molecule has 0 spiro atoms. The quantitative estimate of drug-likeness (QED) is 0.616. The highest BCUT2D eigenvalue weighted by Crippen LogP contribution is 2.42. The summed E-state index contributed by atoms with van der Waals surface area (Å²) in [6.07, 6.45) is 1.34. The second-order valence-electron chi connectivity index (χ2n) is 6.86. The number of hydrogen-bond donors (Lipinski definition) is 1. The maximum absolute atomic E-state index is 13.7. The number of aromatic amines is 1. The minimum atomic E-state index is -0.517. The third-order valence-electron chi connectivity index (χ3n) is 4.96. The number of anilines is 3. The Labute approximate surface area is 176 Å². The lowest BCUT2D eigenvalue weighted by Crippen LogP contribution is -2.45. The van der Waals surface area contributed by atoms with Crippen molar-refractivity contribution in [3.05, 3.63) is 86.1 Å². The minimum absolute atomic E-state index is 0.0753. The fraction of sp³-hybridized carbons (Fsp3) is 0.143. The van der Waals surface area contributed by atoms with E-state index in [0.29, 0.717) is 28.3 Å². The van der Waals surface area contributed by atoms with Gasteiger partial charge in [0.25, 0.3) is 5.91 Å². The van der Waals surface area contributed by atoms with Gasteiger partial charge in [-0.25, -0.2) is 14.0 Å². The first kappa shape index (κ1) is 19.6. The molecule has 1 N–H and O–H groups in total. The average molecular weight is 424 g/mol. The molecule has 1 aliphatic rings. The van der Waals surface area contributed by atoms with Gasteiger partial charge in [0.2, 0.25) is 5.69 Å². The molecule has 150 valence electrons. The molecule has 1 aromatic heterocycles. The van der Waals surface area contributed by atoms with Crippen molar-refractivity contribution in [1.82, 2.24) is 9.97 Å². The van der Waals surface area contributed by atoms with Crippen LogP contribution in [0.4, 0.5) is 27.1 Å². The molecular weight excluding hydrogens is 409 g/mol. The van der Waals surface area contributed by atoms with Crippen molar-refractivity contribution in [2.45, 2.75) is 13.8 Å². The van der Waals surface area contributed by atoms with Gasteiger partial charge in [0, 0.05) is 22.1 Å². The summed E-state index contributed by atoms with van der Waals surface area (Å²) in [6.45, 7) is 10.9. The van der Waals surface area contributed by atoms with Gasteiger partial charge in [-0.15, -0.1) is 0 Å². The van der Waals surface area contributed by atoms with E-state index in [9.17, 15) is 14.0 Å². The van der Waals surface area contributed by atoms with Gasteiger partial charge in [0.1, 0.15) is 12.5 Å². The molecule has 30 heavy (non-hydrogen) atoms. The van der Waals surface area contributed by atoms with Crippen LogP contribution in [0.15, 0.2) is 41.3 Å². The summed E-state index contributed by atoms with van der Waals surface area (Å²) < 4.78 is 13.7. The molecule has 0 unspecified atom stereocenters. The molecule has 0 fully saturated rings. The standard InChI is InChI=1S/C21H15ClFN5O2/c1-11-6-13(23)4-5-17(11)27-10-28(19-9-25-21(30)26-12(19)2)20(29)14-7-15(22)16(24-3)8-18(14)27/h4-9H,10H2,1-2H3,(H,25,26,30). The van der Waals surface area contributed by atoms with Crippen LogP contribution in [0.5, 0.6) is 0 Å². The predicted molar refractivity (Wildman–Crippen MR) is 112 cm³/mol. The second-order valence-corrected chi connectivity index (χ2v) is 7.27. The van der Waals surface area contributed by atoms with Crippen LogP contribution in [0.3, 0.4) is 0 Å². The highest BCUT2D eigenvalue weighted by molar-refractivity contribution is 6.34. The predicted octanol–water partition coefficient (Wildman–Crippen LogP) is 4.49. The Morgan fingerprint density at radius 3 is 2.57 bits per heavy atom. The fourth-order valence-corrected chi connectivity index (χ4v) is 3.72. The van der Waals surface area contributed by atoms with Crippen molar-refractivity contribution < 1.29 is 9.18 Å². The highest BCUT2D eigenvalue weighted by atomic mass is 35.5. The van der Waals surface area contributed by atoms with Crippen molar-refractivity contribution >= 4 is 40.3 Å². The first-order valence-electron chi connectivity index (χ1n) is 8.92. The summed E-state index contributed by atoms with van der Waals surface area (Å²) in [6, 6.07) is 7.36. The normalized spacial score (nSPS) is 13.2. The van der Waals surface area contributed by atoms with Gasteiger partial charge in [0.15, 0.2) is 0 Å². The zero-order valence-corrected chi connectivity index (χ0v) is 16.8. The molecule has 0 bridgehead atoms. The first-order valence-corrected chi connectivity index (χ1v) is 9.30. The van der Waals surface area contributed by atoms with Crippen LogP contribution in [-0.4, -0.2) is 22.5 Å². The van der Waals surface area contributed by atoms with Gasteiger partial charge in [0.05, 0.1) is 24.0 Å². The van der Waals surface area contributed by atoms with E-state index in [1.807, 2.05) is 0 Å². The maximum atomic E-state index is 13.7. The number of H-pyrrole nitrogens is 1. The lowest BCUT2D eigenvalue weighted by atomic mass is 10.0. The van der Waals surface area contributed by atoms with Crippen LogP contribution < -0.4 is 15.5 Å². The van der Waals surface area contributed by atoms with E-state index in [4.69, 9.17) is 18.2 Å². The number of carbonyl (C=O) groups excluding carboxylic acids is 1. The Morgan fingerprint density at radius 1 is 1.13 bits per heavy atom. The molecule has 0 aliphatic carbocycles. The van der Waals surface area contributed by atoms with E-state index >= 15 is 0 Å². The summed E-state index contributed by atoms with van der Waals surface area (Å²) in [5, 5.41) is 0.158. The van der Waals surface area contributed by atoms with E-state index in [2.05, 4.69) is 14.8 Å². The first-order chi connectivity index (χ1) is 14.3. The van der Waals surface area contributed by atoms with E-state index < -0.39 is 5.69 Å². The zero-order valence-electron chi connectivity index (χ0n) is 16.0. The van der Waals surface area contributed by atoms with Crippen molar-refractivity contribution in [3.63, 3.8) is 0 Å². The smallest absolute Gasteiger partial charge is 0.323 e. The summed E-state index contributed by atoms with van der Waals surface area (Å²) in [4.78, 5) is 37.8. The molecule has 3 aromatic rings. The van der Waals surface area contributed by atoms with Crippen LogP contribution in [0.2, 0.25) is 5.02 Å². The largest absolute Gasteiger partial charge is 0.345 e. The third-order valence-corrected chi connectivity index (χ3v) is 5.26. The SMILES string of the molecule is [C-]#[N+]c1cc2c(cc1Cl)C(=O)N(c1cnc(=O)[nH]c1C)CN2c1ccc(F)cc1C. The third kappa shape index (κ3) is 3.19. The molecule has 2 aromatic carbocycles. The second kappa shape index (κ2) is 7.28. The van der Waals surface area contributed by atoms with E-state index in [-0.39, 0.29) is 34.7 Å². The maximum Gasteiger partial charge on any atom is 0.345 e.